The van der Waals surface area contributed by atoms with E-state index in [-0.39, 0.29) is 11.5 Å². The Balaban J connectivity index is 1.65. The number of carbonyl (C=O) groups excluding carboxylic acids is 1. The number of anilines is 2. The molecule has 2 aromatic carbocycles. The number of nitrogens with zero attached hydrogens (tertiary/aromatic N) is 3. The molecule has 0 aliphatic rings. The van der Waals surface area contributed by atoms with Crippen molar-refractivity contribution in [2.45, 2.75) is 6.92 Å². The molecule has 0 spiro atoms. The molecule has 2 aromatic heterocycles. The fourth-order valence-corrected chi connectivity index (χ4v) is 3.42. The van der Waals surface area contributed by atoms with E-state index in [1.165, 1.54) is 15.9 Å². The van der Waals surface area contributed by atoms with Crippen molar-refractivity contribution >= 4 is 43.9 Å². The second-order valence-corrected chi connectivity index (χ2v) is 6.55. The first-order chi connectivity index (χ1) is 12.7. The second-order valence-electron chi connectivity index (χ2n) is 5.60. The largest absolute Gasteiger partial charge is 0.352 e. The predicted octanol–water partition coefficient (Wildman–Crippen LogP) is 2.80. The van der Waals surface area contributed by atoms with Crippen LogP contribution in [0, 0.1) is 0 Å². The van der Waals surface area contributed by atoms with E-state index in [1.54, 1.807) is 36.4 Å². The molecule has 0 bridgehead atoms. The lowest BCUT2D eigenvalue weighted by molar-refractivity contribution is 0.0956. The monoisotopic (exact) mass is 365 g/mol. The summed E-state index contributed by atoms with van der Waals surface area (Å²) in [5.74, 6) is -0.110. The molecule has 0 fully saturated rings. The van der Waals surface area contributed by atoms with E-state index in [9.17, 15) is 9.59 Å². The number of amides is 1. The van der Waals surface area contributed by atoms with E-state index >= 15 is 0 Å². The molecule has 130 valence electrons. The van der Waals surface area contributed by atoms with E-state index in [0.29, 0.717) is 33.1 Å². The van der Waals surface area contributed by atoms with Crippen LogP contribution in [0.15, 0.2) is 53.3 Å². The number of nitrogens with one attached hydrogen (secondary N) is 2. The van der Waals surface area contributed by atoms with Crippen molar-refractivity contribution in [2.75, 3.05) is 11.9 Å². The molecule has 4 rings (SSSR count). The minimum Gasteiger partial charge on any atom is -0.352 e. The second kappa shape index (κ2) is 6.57. The Labute approximate surface area is 152 Å². The number of carbonyl (C=O) groups is 1. The van der Waals surface area contributed by atoms with Crippen LogP contribution in [0.1, 0.15) is 17.3 Å². The van der Waals surface area contributed by atoms with Gasteiger partial charge in [-0.25, -0.2) is 4.98 Å². The van der Waals surface area contributed by atoms with Crippen LogP contribution in [0.2, 0.25) is 0 Å². The summed E-state index contributed by atoms with van der Waals surface area (Å²) in [6.45, 7) is 2.46. The summed E-state index contributed by atoms with van der Waals surface area (Å²) in [6.07, 6.45) is 0. The van der Waals surface area contributed by atoms with Gasteiger partial charge in [0.05, 0.1) is 10.9 Å². The van der Waals surface area contributed by atoms with Gasteiger partial charge in [0, 0.05) is 17.8 Å². The van der Waals surface area contributed by atoms with Crippen molar-refractivity contribution in [3.63, 3.8) is 0 Å². The van der Waals surface area contributed by atoms with Crippen molar-refractivity contribution in [3.8, 4) is 0 Å². The molecule has 0 aliphatic carbocycles. The third-order valence-electron chi connectivity index (χ3n) is 3.84. The van der Waals surface area contributed by atoms with Gasteiger partial charge in [0.25, 0.3) is 11.5 Å². The Morgan fingerprint density at radius 2 is 1.92 bits per heavy atom. The Hall–Kier alpha value is -3.26. The van der Waals surface area contributed by atoms with Crippen LogP contribution >= 0.6 is 11.3 Å². The van der Waals surface area contributed by atoms with Gasteiger partial charge in [0.2, 0.25) is 10.1 Å². The van der Waals surface area contributed by atoms with E-state index < -0.39 is 0 Å². The molecule has 2 heterocycles. The third-order valence-corrected chi connectivity index (χ3v) is 4.66. The van der Waals surface area contributed by atoms with Crippen molar-refractivity contribution in [3.05, 3.63) is 64.4 Å². The summed E-state index contributed by atoms with van der Waals surface area (Å²) in [4.78, 5) is 29.3. The van der Waals surface area contributed by atoms with Gasteiger partial charge in [-0.15, -0.1) is 5.10 Å². The Morgan fingerprint density at radius 1 is 1.15 bits per heavy atom. The van der Waals surface area contributed by atoms with Crippen LogP contribution in [-0.2, 0) is 0 Å². The molecule has 0 saturated heterocycles. The maximum absolute atomic E-state index is 12.5. The van der Waals surface area contributed by atoms with Crippen LogP contribution in [0.4, 0.5) is 10.8 Å². The molecule has 0 atom stereocenters. The minimum atomic E-state index is -0.193. The summed E-state index contributed by atoms with van der Waals surface area (Å²) >= 11 is 1.29. The zero-order valence-corrected chi connectivity index (χ0v) is 14.7. The summed E-state index contributed by atoms with van der Waals surface area (Å²) in [5, 5.41) is 11.3. The van der Waals surface area contributed by atoms with Gasteiger partial charge < -0.3 is 10.6 Å². The van der Waals surface area contributed by atoms with E-state index in [2.05, 4.69) is 20.7 Å². The van der Waals surface area contributed by atoms with Crippen LogP contribution < -0.4 is 16.2 Å². The van der Waals surface area contributed by atoms with Gasteiger partial charge in [-0.05, 0) is 43.3 Å². The molecule has 1 amide bonds. The molecule has 2 N–H and O–H groups in total. The minimum absolute atomic E-state index is 0.110. The highest BCUT2D eigenvalue weighted by Gasteiger charge is 2.11. The molecule has 26 heavy (non-hydrogen) atoms. The fourth-order valence-electron chi connectivity index (χ4n) is 2.60. The quantitative estimate of drug-likeness (QED) is 0.581. The number of hydrogen-bond acceptors (Lipinski definition) is 6. The van der Waals surface area contributed by atoms with Gasteiger partial charge >= 0.3 is 0 Å². The predicted molar refractivity (Wildman–Crippen MR) is 102 cm³/mol. The maximum Gasteiger partial charge on any atom is 0.283 e. The topological polar surface area (TPSA) is 88.4 Å². The number of rotatable bonds is 4. The average Bonchev–Trinajstić information content (AvgIpc) is 3.05. The lowest BCUT2D eigenvalue weighted by Gasteiger charge is -2.04. The van der Waals surface area contributed by atoms with Crippen molar-refractivity contribution in [1.29, 1.82) is 0 Å². The van der Waals surface area contributed by atoms with Crippen LogP contribution in [-0.4, -0.2) is 27.0 Å². The normalized spacial score (nSPS) is 11.0. The van der Waals surface area contributed by atoms with Crippen molar-refractivity contribution in [1.82, 2.24) is 19.9 Å². The van der Waals surface area contributed by atoms with Crippen molar-refractivity contribution in [2.24, 2.45) is 0 Å². The summed E-state index contributed by atoms with van der Waals surface area (Å²) in [5.41, 5.74) is 1.82. The maximum atomic E-state index is 12.5. The lowest BCUT2D eigenvalue weighted by Crippen LogP contribution is -2.22. The van der Waals surface area contributed by atoms with Gasteiger partial charge in [0.1, 0.15) is 0 Å². The van der Waals surface area contributed by atoms with Gasteiger partial charge in [-0.3, -0.25) is 9.59 Å². The molecule has 8 heteroatoms. The van der Waals surface area contributed by atoms with Crippen molar-refractivity contribution < 1.29 is 4.79 Å². The van der Waals surface area contributed by atoms with Gasteiger partial charge in [0.15, 0.2) is 0 Å². The Kier molecular flexibility index (Phi) is 4.10. The first-order valence-corrected chi connectivity index (χ1v) is 8.91. The van der Waals surface area contributed by atoms with E-state index in [4.69, 9.17) is 0 Å². The standard InChI is InChI=1S/C18H15N5O2S/c1-2-19-15(24)11-7-9-12(10-8-11)20-17-22-23-16(25)13-5-3-4-6-14(13)21-18(23)26-17/h3-10H,2H2,1H3,(H,19,24)(H,20,22). The number of aromatic nitrogens is 3. The molecular formula is C18H15N5O2S. The molecule has 7 nitrogen and oxygen atoms in total. The first-order valence-electron chi connectivity index (χ1n) is 8.09. The number of para-hydroxylation sites is 1. The zero-order valence-electron chi connectivity index (χ0n) is 13.9. The molecule has 0 radical (unpaired) electrons. The average molecular weight is 365 g/mol. The third kappa shape index (κ3) is 2.91. The molecular weight excluding hydrogens is 350 g/mol. The number of hydrogen-bond donors (Lipinski definition) is 2. The summed E-state index contributed by atoms with van der Waals surface area (Å²) in [6, 6.07) is 14.3. The van der Waals surface area contributed by atoms with Crippen LogP contribution in [0.25, 0.3) is 15.9 Å². The first kappa shape index (κ1) is 16.2. The zero-order chi connectivity index (χ0) is 18.1. The summed E-state index contributed by atoms with van der Waals surface area (Å²) < 4.78 is 1.30. The molecule has 4 aromatic rings. The lowest BCUT2D eigenvalue weighted by atomic mass is 10.2. The van der Waals surface area contributed by atoms with E-state index in [0.717, 1.165) is 5.69 Å². The summed E-state index contributed by atoms with van der Waals surface area (Å²) in [7, 11) is 0. The van der Waals surface area contributed by atoms with Gasteiger partial charge in [-0.1, -0.05) is 23.5 Å². The van der Waals surface area contributed by atoms with Gasteiger partial charge in [-0.2, -0.15) is 4.52 Å². The number of benzene rings is 2. The Bertz CT molecular complexity index is 1160. The highest BCUT2D eigenvalue weighted by molar-refractivity contribution is 7.20. The number of fused-ring (bicyclic) bond motifs is 2. The SMILES string of the molecule is CCNC(=O)c1ccc(Nc2nn3c(=O)c4ccccc4nc3s2)cc1. The van der Waals surface area contributed by atoms with Crippen LogP contribution in [0.5, 0.6) is 0 Å². The molecule has 0 saturated carbocycles. The Morgan fingerprint density at radius 3 is 2.69 bits per heavy atom. The molecule has 0 aliphatic heterocycles. The van der Waals surface area contributed by atoms with Crippen LogP contribution in [0.3, 0.4) is 0 Å². The van der Waals surface area contributed by atoms with E-state index in [1.807, 2.05) is 19.1 Å². The fraction of sp³-hybridized carbons (Fsp3) is 0.111. The smallest absolute Gasteiger partial charge is 0.283 e. The highest BCUT2D eigenvalue weighted by Crippen LogP contribution is 2.23. The molecule has 0 unspecified atom stereocenters. The highest BCUT2D eigenvalue weighted by atomic mass is 32.1.